The van der Waals surface area contributed by atoms with E-state index in [-0.39, 0.29) is 12.6 Å². The number of rotatable bonds is 6. The van der Waals surface area contributed by atoms with Crippen LogP contribution in [0.25, 0.3) is 16.8 Å². The molecule has 2 heterocycles. The van der Waals surface area contributed by atoms with Gasteiger partial charge in [-0.2, -0.15) is 0 Å². The van der Waals surface area contributed by atoms with Crippen LogP contribution in [0, 0.1) is 6.92 Å². The average molecular weight is 417 g/mol. The second kappa shape index (κ2) is 9.14. The van der Waals surface area contributed by atoms with Crippen LogP contribution in [0.4, 0.5) is 5.69 Å². The topological polar surface area (TPSA) is 87.4 Å². The van der Waals surface area contributed by atoms with Crippen molar-refractivity contribution in [3.63, 3.8) is 0 Å². The van der Waals surface area contributed by atoms with Gasteiger partial charge in [-0.1, -0.05) is 29.5 Å². The van der Waals surface area contributed by atoms with E-state index in [2.05, 4.69) is 44.1 Å². The highest BCUT2D eigenvalue weighted by Crippen LogP contribution is 2.38. The second-order valence-electron chi connectivity index (χ2n) is 7.66. The van der Waals surface area contributed by atoms with Crippen molar-refractivity contribution in [2.24, 2.45) is 4.99 Å². The van der Waals surface area contributed by atoms with E-state index < -0.39 is 0 Å². The zero-order valence-electron chi connectivity index (χ0n) is 18.1. The number of aryl methyl sites for hydroxylation is 2. The Morgan fingerprint density at radius 2 is 2.06 bits per heavy atom. The Kier molecular flexibility index (Phi) is 6.13. The highest BCUT2D eigenvalue weighted by atomic mass is 16.3. The number of aliphatic imine (C=N–C) groups is 1. The number of aliphatic hydroxyl groups is 1. The van der Waals surface area contributed by atoms with Crippen molar-refractivity contribution in [2.75, 3.05) is 19.4 Å². The van der Waals surface area contributed by atoms with Gasteiger partial charge in [-0.05, 0) is 48.2 Å². The lowest BCUT2D eigenvalue weighted by Crippen LogP contribution is -2.13. The number of hydrogen-bond donors (Lipinski definition) is 3. The van der Waals surface area contributed by atoms with Crippen LogP contribution in [0.1, 0.15) is 34.8 Å². The molecule has 31 heavy (non-hydrogen) atoms. The summed E-state index contributed by atoms with van der Waals surface area (Å²) in [6, 6.07) is 14.5. The van der Waals surface area contributed by atoms with Gasteiger partial charge in [-0.3, -0.25) is 4.99 Å². The number of allylic oxidation sites excluding steroid dienone is 1. The first-order chi connectivity index (χ1) is 15.1. The van der Waals surface area contributed by atoms with Crippen molar-refractivity contribution in [1.29, 1.82) is 0 Å². The minimum absolute atomic E-state index is 0.0445. The fraction of sp³-hybridized carbons (Fsp3) is 0.292. The summed E-state index contributed by atoms with van der Waals surface area (Å²) in [7, 11) is 3.67. The molecule has 1 atom stereocenters. The number of nitrogens with zero attached hydrogens (tertiary/aromatic N) is 4. The fourth-order valence-corrected chi connectivity index (χ4v) is 4.09. The Labute approximate surface area is 182 Å². The smallest absolute Gasteiger partial charge is 0.0918 e. The molecule has 3 aromatic rings. The van der Waals surface area contributed by atoms with Gasteiger partial charge < -0.3 is 15.7 Å². The molecule has 1 aliphatic heterocycles. The number of nitrogens with one attached hydrogen (secondary N) is 2. The Hall–Kier alpha value is -3.45. The molecule has 0 saturated heterocycles. The predicted octanol–water partition coefficient (Wildman–Crippen LogP) is 3.56. The first-order valence-electron chi connectivity index (χ1n) is 10.4. The van der Waals surface area contributed by atoms with E-state index in [4.69, 9.17) is 0 Å². The van der Waals surface area contributed by atoms with E-state index in [1.165, 1.54) is 5.56 Å². The number of aliphatic hydroxyl groups excluding tert-OH is 1. The normalized spacial score (nSPS) is 16.0. The van der Waals surface area contributed by atoms with Gasteiger partial charge in [-0.15, -0.1) is 5.10 Å². The van der Waals surface area contributed by atoms with Gasteiger partial charge in [0.2, 0.25) is 0 Å². The van der Waals surface area contributed by atoms with Gasteiger partial charge >= 0.3 is 0 Å². The first kappa shape index (κ1) is 20.8. The summed E-state index contributed by atoms with van der Waals surface area (Å²) in [6.45, 7) is 2.83. The molecule has 4 rings (SSSR count). The molecule has 3 N–H and O–H groups in total. The third-order valence-electron chi connectivity index (χ3n) is 5.59. The van der Waals surface area contributed by atoms with E-state index in [1.54, 1.807) is 7.05 Å². The van der Waals surface area contributed by atoms with Crippen molar-refractivity contribution in [1.82, 2.24) is 20.3 Å². The van der Waals surface area contributed by atoms with Gasteiger partial charge in [0.1, 0.15) is 0 Å². The number of aromatic nitrogens is 3. The van der Waals surface area contributed by atoms with E-state index in [9.17, 15) is 5.11 Å². The number of anilines is 1. The summed E-state index contributed by atoms with van der Waals surface area (Å²) >= 11 is 0. The predicted molar refractivity (Wildman–Crippen MR) is 125 cm³/mol. The summed E-state index contributed by atoms with van der Waals surface area (Å²) < 4.78 is 2.00. The molecule has 7 heteroatoms. The van der Waals surface area contributed by atoms with Gasteiger partial charge in [-0.25, -0.2) is 4.68 Å². The Balaban J connectivity index is 1.80. The molecule has 2 aromatic carbocycles. The van der Waals surface area contributed by atoms with Gasteiger partial charge in [0.15, 0.2) is 0 Å². The van der Waals surface area contributed by atoms with E-state index in [1.807, 2.05) is 55.3 Å². The lowest BCUT2D eigenvalue weighted by Gasteiger charge is -2.22. The van der Waals surface area contributed by atoms with E-state index >= 15 is 0 Å². The molecule has 0 fully saturated rings. The second-order valence-corrected chi connectivity index (χ2v) is 7.66. The summed E-state index contributed by atoms with van der Waals surface area (Å²) in [4.78, 5) is 4.21. The van der Waals surface area contributed by atoms with E-state index in [0.29, 0.717) is 0 Å². The van der Waals surface area contributed by atoms with Gasteiger partial charge in [0.25, 0.3) is 0 Å². The van der Waals surface area contributed by atoms with Crippen LogP contribution >= 0.6 is 0 Å². The van der Waals surface area contributed by atoms with Crippen LogP contribution in [0.15, 0.2) is 53.7 Å². The molecule has 1 aromatic heterocycles. The van der Waals surface area contributed by atoms with Crippen LogP contribution in [-0.4, -0.2) is 40.4 Å². The quantitative estimate of drug-likeness (QED) is 0.535. The molecular formula is C24H28N6O. The molecule has 1 aliphatic rings. The minimum Gasteiger partial charge on any atom is -0.393 e. The van der Waals surface area contributed by atoms with Crippen LogP contribution < -0.4 is 10.6 Å². The third-order valence-corrected chi connectivity index (χ3v) is 5.59. The van der Waals surface area contributed by atoms with Crippen molar-refractivity contribution in [2.45, 2.75) is 32.5 Å². The molecular weight excluding hydrogens is 388 g/mol. The van der Waals surface area contributed by atoms with Crippen molar-refractivity contribution in [3.8, 4) is 11.3 Å². The summed E-state index contributed by atoms with van der Waals surface area (Å²) in [6.07, 6.45) is 4.70. The Bertz CT molecular complexity index is 1110. The van der Waals surface area contributed by atoms with Crippen LogP contribution in [-0.2, 0) is 13.2 Å². The molecule has 0 spiro atoms. The van der Waals surface area contributed by atoms with Gasteiger partial charge in [0, 0.05) is 49.9 Å². The maximum Gasteiger partial charge on any atom is 0.0918 e. The zero-order chi connectivity index (χ0) is 21.8. The lowest BCUT2D eigenvalue weighted by molar-refractivity contribution is 0.282. The van der Waals surface area contributed by atoms with Crippen LogP contribution in [0.5, 0.6) is 0 Å². The average Bonchev–Trinajstić information content (AvgIpc) is 3.08. The molecule has 1 unspecified atom stereocenters. The molecule has 0 aliphatic carbocycles. The summed E-state index contributed by atoms with van der Waals surface area (Å²) in [5, 5.41) is 24.8. The molecule has 160 valence electrons. The standard InChI is InChI=1S/C24H28N6O/c1-16-24-21-9-6-18(19(13-25-2)14-26-3)12-22(21)23(10-11-30(24)29-28-16)27-20-7-4-17(15-31)5-8-20/h4-9,12-14,23,25,27,31H,10-11,15H2,1-3H3/b19-13+,26-14-. The molecule has 0 amide bonds. The van der Waals surface area contributed by atoms with Crippen LogP contribution in [0.2, 0.25) is 0 Å². The first-order valence-corrected chi connectivity index (χ1v) is 10.4. The highest BCUT2D eigenvalue weighted by Gasteiger charge is 2.25. The van der Waals surface area contributed by atoms with Crippen molar-refractivity contribution in [3.05, 3.63) is 71.0 Å². The summed E-state index contributed by atoms with van der Waals surface area (Å²) in [5.41, 5.74) is 8.40. The number of benzene rings is 2. The molecule has 0 radical (unpaired) electrons. The zero-order valence-corrected chi connectivity index (χ0v) is 18.1. The fourth-order valence-electron chi connectivity index (χ4n) is 4.09. The van der Waals surface area contributed by atoms with E-state index in [0.717, 1.165) is 52.3 Å². The maximum absolute atomic E-state index is 9.33. The molecule has 0 saturated carbocycles. The Morgan fingerprint density at radius 3 is 2.77 bits per heavy atom. The molecule has 0 bridgehead atoms. The van der Waals surface area contributed by atoms with Crippen molar-refractivity contribution < 1.29 is 5.11 Å². The third kappa shape index (κ3) is 4.22. The highest BCUT2D eigenvalue weighted by molar-refractivity contribution is 6.09. The van der Waals surface area contributed by atoms with Crippen LogP contribution in [0.3, 0.4) is 0 Å². The SMILES string of the molecule is C/N=C\C(=C/NC)c1ccc2c(c1)C(Nc1ccc(CO)cc1)CCn1nnc(C)c1-2. The number of fused-ring (bicyclic) bond motifs is 3. The Morgan fingerprint density at radius 1 is 1.26 bits per heavy atom. The lowest BCUT2D eigenvalue weighted by atomic mass is 9.92. The number of hydrogen-bond acceptors (Lipinski definition) is 6. The van der Waals surface area contributed by atoms with Gasteiger partial charge in [0.05, 0.1) is 24.0 Å². The summed E-state index contributed by atoms with van der Waals surface area (Å²) in [5.74, 6) is 0. The van der Waals surface area contributed by atoms with Crippen molar-refractivity contribution >= 4 is 17.5 Å². The largest absolute Gasteiger partial charge is 0.393 e. The molecule has 7 nitrogen and oxygen atoms in total. The monoisotopic (exact) mass is 416 g/mol. The minimum atomic E-state index is 0.0445. The maximum atomic E-state index is 9.33.